The normalized spacial score (nSPS) is 14.8. The molecule has 4 nitrogen and oxygen atoms in total. The molecule has 198 valence electrons. The summed E-state index contributed by atoms with van der Waals surface area (Å²) in [5, 5.41) is 9.64. The van der Waals surface area contributed by atoms with Crippen molar-refractivity contribution in [3.05, 3.63) is 83.4 Å². The second-order valence-corrected chi connectivity index (χ2v) is 11.7. The standard InChI is InChI=1S/C33H45N3O/c1-33(2,3)30-15-13-26(14-16-30)24-34-19-6-7-20-35-25-27-17-21-36(22-18-27)32(37)23-29-11-8-10-28-9-4-5-12-31(28)29/h4-5,8-16,27,34-35H,6-7,17-25H2,1-3H3. The molecule has 1 aliphatic heterocycles. The van der Waals surface area contributed by atoms with E-state index in [4.69, 9.17) is 0 Å². The van der Waals surface area contributed by atoms with Gasteiger partial charge < -0.3 is 15.5 Å². The largest absolute Gasteiger partial charge is 0.342 e. The lowest BCUT2D eigenvalue weighted by atomic mass is 9.87. The molecule has 0 radical (unpaired) electrons. The lowest BCUT2D eigenvalue weighted by Crippen LogP contribution is -2.41. The highest BCUT2D eigenvalue weighted by Gasteiger charge is 2.23. The van der Waals surface area contributed by atoms with Crippen LogP contribution in [0.3, 0.4) is 0 Å². The third-order valence-electron chi connectivity index (χ3n) is 7.73. The second kappa shape index (κ2) is 13.2. The topological polar surface area (TPSA) is 44.4 Å². The summed E-state index contributed by atoms with van der Waals surface area (Å²) in [5.41, 5.74) is 4.10. The number of amides is 1. The van der Waals surface area contributed by atoms with Crippen LogP contribution in [0.1, 0.15) is 63.1 Å². The zero-order valence-corrected chi connectivity index (χ0v) is 23.1. The number of nitrogens with one attached hydrogen (secondary N) is 2. The van der Waals surface area contributed by atoms with Crippen LogP contribution < -0.4 is 10.6 Å². The van der Waals surface area contributed by atoms with Crippen LogP contribution in [0.4, 0.5) is 0 Å². The summed E-state index contributed by atoms with van der Waals surface area (Å²) in [6, 6.07) is 23.6. The van der Waals surface area contributed by atoms with Crippen molar-refractivity contribution in [2.75, 3.05) is 32.7 Å². The SMILES string of the molecule is CC(C)(C)c1ccc(CNCCCCNCC2CCN(C(=O)Cc3cccc4ccccc34)CC2)cc1. The van der Waals surface area contributed by atoms with Crippen LogP contribution in [0.15, 0.2) is 66.7 Å². The molecule has 4 heteroatoms. The Morgan fingerprint density at radius 1 is 0.865 bits per heavy atom. The van der Waals surface area contributed by atoms with E-state index in [9.17, 15) is 4.79 Å². The number of unbranched alkanes of at least 4 members (excludes halogenated alkanes) is 1. The average Bonchev–Trinajstić information content (AvgIpc) is 2.90. The van der Waals surface area contributed by atoms with Crippen LogP contribution in [0.25, 0.3) is 10.8 Å². The number of benzene rings is 3. The van der Waals surface area contributed by atoms with Gasteiger partial charge in [0.05, 0.1) is 6.42 Å². The Hall–Kier alpha value is -2.69. The van der Waals surface area contributed by atoms with Crippen LogP contribution in [0.2, 0.25) is 0 Å². The zero-order valence-electron chi connectivity index (χ0n) is 23.1. The number of hydrogen-bond acceptors (Lipinski definition) is 3. The van der Waals surface area contributed by atoms with Crippen LogP contribution in [0, 0.1) is 5.92 Å². The van der Waals surface area contributed by atoms with Gasteiger partial charge in [-0.15, -0.1) is 0 Å². The molecule has 1 aliphatic rings. The lowest BCUT2D eigenvalue weighted by molar-refractivity contribution is -0.131. The highest BCUT2D eigenvalue weighted by atomic mass is 16.2. The van der Waals surface area contributed by atoms with Crippen molar-refractivity contribution in [3.63, 3.8) is 0 Å². The molecular formula is C33H45N3O. The molecule has 0 aromatic heterocycles. The quantitative estimate of drug-likeness (QED) is 0.314. The summed E-state index contributed by atoms with van der Waals surface area (Å²) < 4.78 is 0. The van der Waals surface area contributed by atoms with Crippen molar-refractivity contribution in [1.82, 2.24) is 15.5 Å². The van der Waals surface area contributed by atoms with E-state index in [-0.39, 0.29) is 11.3 Å². The minimum Gasteiger partial charge on any atom is -0.342 e. The van der Waals surface area contributed by atoms with Gasteiger partial charge in [-0.3, -0.25) is 4.79 Å². The first-order chi connectivity index (χ1) is 17.9. The minimum absolute atomic E-state index is 0.214. The molecule has 1 saturated heterocycles. The monoisotopic (exact) mass is 499 g/mol. The third kappa shape index (κ3) is 8.15. The smallest absolute Gasteiger partial charge is 0.227 e. The zero-order chi connectivity index (χ0) is 26.1. The molecule has 1 heterocycles. The van der Waals surface area contributed by atoms with E-state index >= 15 is 0 Å². The maximum absolute atomic E-state index is 13.0. The van der Waals surface area contributed by atoms with Gasteiger partial charge in [0.2, 0.25) is 5.91 Å². The first-order valence-corrected chi connectivity index (χ1v) is 14.2. The molecule has 0 saturated carbocycles. The second-order valence-electron chi connectivity index (χ2n) is 11.7. The maximum atomic E-state index is 13.0. The Kier molecular flexibility index (Phi) is 9.76. The van der Waals surface area contributed by atoms with Crippen molar-refractivity contribution in [1.29, 1.82) is 0 Å². The summed E-state index contributed by atoms with van der Waals surface area (Å²) >= 11 is 0. The van der Waals surface area contributed by atoms with E-state index in [0.717, 1.165) is 57.7 Å². The highest BCUT2D eigenvalue weighted by molar-refractivity contribution is 5.90. The van der Waals surface area contributed by atoms with Crippen molar-refractivity contribution >= 4 is 16.7 Å². The Bertz CT molecular complexity index is 1120. The number of piperidine rings is 1. The van der Waals surface area contributed by atoms with E-state index in [1.54, 1.807) is 0 Å². The molecule has 3 aromatic rings. The van der Waals surface area contributed by atoms with Crippen LogP contribution in [-0.4, -0.2) is 43.5 Å². The molecule has 1 fully saturated rings. The molecule has 0 spiro atoms. The number of fused-ring (bicyclic) bond motifs is 1. The number of nitrogens with zero attached hydrogens (tertiary/aromatic N) is 1. The molecule has 2 N–H and O–H groups in total. The highest BCUT2D eigenvalue weighted by Crippen LogP contribution is 2.23. The van der Waals surface area contributed by atoms with Gasteiger partial charge in [0, 0.05) is 19.6 Å². The maximum Gasteiger partial charge on any atom is 0.227 e. The van der Waals surface area contributed by atoms with E-state index < -0.39 is 0 Å². The predicted octanol–water partition coefficient (Wildman–Crippen LogP) is 6.08. The fourth-order valence-electron chi connectivity index (χ4n) is 5.27. The predicted molar refractivity (Wildman–Crippen MR) is 156 cm³/mol. The molecule has 0 bridgehead atoms. The van der Waals surface area contributed by atoms with Gasteiger partial charge in [-0.1, -0.05) is 87.5 Å². The fourth-order valence-corrected chi connectivity index (χ4v) is 5.27. The van der Waals surface area contributed by atoms with E-state index in [1.807, 2.05) is 0 Å². The van der Waals surface area contributed by atoms with Gasteiger partial charge >= 0.3 is 0 Å². The van der Waals surface area contributed by atoms with E-state index in [1.165, 1.54) is 34.7 Å². The summed E-state index contributed by atoms with van der Waals surface area (Å²) in [7, 11) is 0. The summed E-state index contributed by atoms with van der Waals surface area (Å²) in [4.78, 5) is 15.0. The van der Waals surface area contributed by atoms with Gasteiger partial charge in [-0.2, -0.15) is 0 Å². The molecule has 37 heavy (non-hydrogen) atoms. The van der Waals surface area contributed by atoms with Gasteiger partial charge in [-0.25, -0.2) is 0 Å². The van der Waals surface area contributed by atoms with Crippen LogP contribution in [0.5, 0.6) is 0 Å². The van der Waals surface area contributed by atoms with E-state index in [0.29, 0.717) is 12.3 Å². The third-order valence-corrected chi connectivity index (χ3v) is 7.73. The van der Waals surface area contributed by atoms with Crippen molar-refractivity contribution in [3.8, 4) is 0 Å². The summed E-state index contributed by atoms with van der Waals surface area (Å²) in [6.45, 7) is 12.7. The molecule has 3 aromatic carbocycles. The van der Waals surface area contributed by atoms with Gasteiger partial charge in [0.25, 0.3) is 0 Å². The van der Waals surface area contributed by atoms with Crippen molar-refractivity contribution < 1.29 is 4.79 Å². The van der Waals surface area contributed by atoms with Gasteiger partial charge in [0.1, 0.15) is 0 Å². The van der Waals surface area contributed by atoms with Gasteiger partial charge in [0.15, 0.2) is 0 Å². The Balaban J connectivity index is 1.05. The molecule has 0 atom stereocenters. The minimum atomic E-state index is 0.214. The van der Waals surface area contributed by atoms with Crippen molar-refractivity contribution in [2.45, 2.75) is 64.8 Å². The fraction of sp³-hybridized carbons (Fsp3) is 0.485. The summed E-state index contributed by atoms with van der Waals surface area (Å²) in [6.07, 6.45) is 5.08. The molecule has 1 amide bonds. The Labute approximate surface area is 223 Å². The average molecular weight is 500 g/mol. The summed E-state index contributed by atoms with van der Waals surface area (Å²) in [5.74, 6) is 0.941. The first-order valence-electron chi connectivity index (χ1n) is 14.2. The number of carbonyl (C=O) groups is 1. The first kappa shape index (κ1) is 27.3. The van der Waals surface area contributed by atoms with Gasteiger partial charge in [-0.05, 0) is 84.1 Å². The van der Waals surface area contributed by atoms with Crippen molar-refractivity contribution in [2.24, 2.45) is 5.92 Å². The molecule has 4 rings (SSSR count). The lowest BCUT2D eigenvalue weighted by Gasteiger charge is -2.32. The Morgan fingerprint density at radius 3 is 2.27 bits per heavy atom. The number of likely N-dealkylation sites (tertiary alicyclic amines) is 1. The van der Waals surface area contributed by atoms with Crippen LogP contribution >= 0.6 is 0 Å². The van der Waals surface area contributed by atoms with E-state index in [2.05, 4.69) is 103 Å². The number of carbonyl (C=O) groups excluding carboxylic acids is 1. The molecule has 0 aliphatic carbocycles. The number of rotatable bonds is 11. The van der Waals surface area contributed by atoms with Crippen LogP contribution in [-0.2, 0) is 23.2 Å². The molecular weight excluding hydrogens is 454 g/mol. The number of hydrogen-bond donors (Lipinski definition) is 2. The molecule has 0 unspecified atom stereocenters. The Morgan fingerprint density at radius 2 is 1.54 bits per heavy atom.